The van der Waals surface area contributed by atoms with Gasteiger partial charge in [0.25, 0.3) is 0 Å². The van der Waals surface area contributed by atoms with Crippen molar-refractivity contribution >= 4 is 39.8 Å². The van der Waals surface area contributed by atoms with E-state index < -0.39 is 0 Å². The Bertz CT molecular complexity index is 1180. The number of aliphatic hydroxyl groups is 1. The Morgan fingerprint density at radius 1 is 0.765 bits per heavy atom. The molecule has 0 bridgehead atoms. The summed E-state index contributed by atoms with van der Waals surface area (Å²) in [5.74, 6) is 0.757. The zero-order chi connectivity index (χ0) is 24.3. The summed E-state index contributed by atoms with van der Waals surface area (Å²) in [5.41, 5.74) is 4.44. The van der Waals surface area contributed by atoms with Crippen molar-refractivity contribution in [2.45, 2.75) is 38.5 Å². The molecule has 0 saturated heterocycles. The molecule has 1 aromatic heterocycles. The van der Waals surface area contributed by atoms with Crippen LogP contribution in [0.25, 0.3) is 10.9 Å². The topological polar surface area (TPSA) is 45.2 Å². The average Bonchev–Trinajstić information content (AvgIpc) is 2.85. The van der Waals surface area contributed by atoms with Crippen LogP contribution < -0.4 is 5.32 Å². The second-order valence-electron chi connectivity index (χ2n) is 8.45. The molecule has 0 amide bonds. The van der Waals surface area contributed by atoms with Gasteiger partial charge in [0.05, 0.1) is 11.2 Å². The first-order chi connectivity index (χ1) is 16.5. The number of hydrogen-bond donors (Lipinski definition) is 2. The number of aromatic nitrogens is 1. The molecule has 0 spiro atoms. The van der Waals surface area contributed by atoms with E-state index in [0.29, 0.717) is 11.8 Å². The lowest BCUT2D eigenvalue weighted by Gasteiger charge is -2.15. The Hall–Kier alpha value is -2.59. The van der Waals surface area contributed by atoms with Gasteiger partial charge in [0.1, 0.15) is 0 Å². The smallest absolute Gasteiger partial charge is 0.0933 e. The number of anilines is 1. The van der Waals surface area contributed by atoms with Crippen LogP contribution >= 0.6 is 23.2 Å². The fourth-order valence-corrected chi connectivity index (χ4v) is 4.57. The molecular weight excluding hydrogens is 463 g/mol. The van der Waals surface area contributed by atoms with E-state index in [9.17, 15) is 0 Å². The van der Waals surface area contributed by atoms with Crippen molar-refractivity contribution in [3.05, 3.63) is 106 Å². The van der Waals surface area contributed by atoms with Crippen molar-refractivity contribution in [1.82, 2.24) is 4.98 Å². The molecule has 3 aromatic carbocycles. The summed E-state index contributed by atoms with van der Waals surface area (Å²) in [6.07, 6.45) is 3.62. The van der Waals surface area contributed by atoms with Gasteiger partial charge in [0, 0.05) is 34.8 Å². The van der Waals surface area contributed by atoms with Gasteiger partial charge < -0.3 is 10.4 Å². The molecule has 3 nitrogen and oxygen atoms in total. The van der Waals surface area contributed by atoms with Crippen LogP contribution in [0.4, 0.5) is 5.69 Å². The van der Waals surface area contributed by atoms with Gasteiger partial charge in [0.15, 0.2) is 0 Å². The Kier molecular flexibility index (Phi) is 10.2. The number of rotatable bonds is 8. The summed E-state index contributed by atoms with van der Waals surface area (Å²) in [6.45, 7) is 5.39. The lowest BCUT2D eigenvalue weighted by molar-refractivity contribution is 0.278. The molecule has 178 valence electrons. The minimum absolute atomic E-state index is 0.215. The largest absolute Gasteiger partial charge is 0.396 e. The predicted molar refractivity (Wildman–Crippen MR) is 146 cm³/mol. The van der Waals surface area contributed by atoms with E-state index in [-0.39, 0.29) is 6.61 Å². The van der Waals surface area contributed by atoms with E-state index in [4.69, 9.17) is 28.3 Å². The van der Waals surface area contributed by atoms with Crippen LogP contribution in [0, 0.1) is 0 Å². The molecular formula is C29H32Cl2N2O. The molecule has 0 aliphatic heterocycles. The number of hydrogen-bond acceptors (Lipinski definition) is 3. The second kappa shape index (κ2) is 13.3. The molecule has 5 heteroatoms. The van der Waals surface area contributed by atoms with Gasteiger partial charge in [-0.05, 0) is 60.1 Å². The molecule has 2 atom stereocenters. The maximum atomic E-state index is 8.75. The Morgan fingerprint density at radius 3 is 1.97 bits per heavy atom. The molecule has 4 rings (SSSR count). The predicted octanol–water partition coefficient (Wildman–Crippen LogP) is 8.32. The third-order valence-electron chi connectivity index (χ3n) is 5.96. The van der Waals surface area contributed by atoms with Crippen LogP contribution in [0.15, 0.2) is 85.1 Å². The number of aliphatic hydroxyl groups excluding tert-OH is 1. The van der Waals surface area contributed by atoms with Crippen LogP contribution in [0.2, 0.25) is 10.0 Å². The molecule has 4 aromatic rings. The van der Waals surface area contributed by atoms with Gasteiger partial charge in [0.2, 0.25) is 0 Å². The SMILES string of the molecule is CC(CCNc1cccc2cccnc12)c1ccccc1Cl.CC(CCO)c1ccccc1Cl. The van der Waals surface area contributed by atoms with E-state index in [1.165, 1.54) is 5.56 Å². The first kappa shape index (κ1) is 26.0. The summed E-state index contributed by atoms with van der Waals surface area (Å²) in [4.78, 5) is 4.47. The van der Waals surface area contributed by atoms with Crippen LogP contribution in [0.3, 0.4) is 0 Å². The minimum atomic E-state index is 0.215. The Balaban J connectivity index is 0.000000229. The number of pyridine rings is 1. The summed E-state index contributed by atoms with van der Waals surface area (Å²) in [5, 5.41) is 15.0. The van der Waals surface area contributed by atoms with Crippen molar-refractivity contribution < 1.29 is 5.11 Å². The number of para-hydroxylation sites is 1. The Morgan fingerprint density at radius 2 is 1.35 bits per heavy atom. The van der Waals surface area contributed by atoms with Crippen molar-refractivity contribution in [1.29, 1.82) is 0 Å². The molecule has 0 saturated carbocycles. The number of fused-ring (bicyclic) bond motifs is 1. The number of halogens is 2. The third-order valence-corrected chi connectivity index (χ3v) is 6.65. The summed E-state index contributed by atoms with van der Waals surface area (Å²) >= 11 is 12.2. The van der Waals surface area contributed by atoms with E-state index in [1.807, 2.05) is 54.7 Å². The van der Waals surface area contributed by atoms with E-state index >= 15 is 0 Å². The highest BCUT2D eigenvalue weighted by Crippen LogP contribution is 2.27. The fourth-order valence-electron chi connectivity index (χ4n) is 3.92. The molecule has 0 fully saturated rings. The molecule has 34 heavy (non-hydrogen) atoms. The quantitative estimate of drug-likeness (QED) is 0.258. The molecule has 2 unspecified atom stereocenters. The van der Waals surface area contributed by atoms with Crippen LogP contribution in [-0.4, -0.2) is 23.2 Å². The molecule has 2 N–H and O–H groups in total. The zero-order valence-electron chi connectivity index (χ0n) is 19.7. The summed E-state index contributed by atoms with van der Waals surface area (Å²) in [7, 11) is 0. The van der Waals surface area contributed by atoms with Crippen LogP contribution in [0.5, 0.6) is 0 Å². The minimum Gasteiger partial charge on any atom is -0.396 e. The highest BCUT2D eigenvalue weighted by atomic mass is 35.5. The third kappa shape index (κ3) is 7.20. The van der Waals surface area contributed by atoms with Gasteiger partial charge in [-0.1, -0.05) is 91.6 Å². The number of benzene rings is 3. The van der Waals surface area contributed by atoms with Crippen molar-refractivity contribution in [2.24, 2.45) is 0 Å². The van der Waals surface area contributed by atoms with Crippen molar-refractivity contribution in [3.8, 4) is 0 Å². The lowest BCUT2D eigenvalue weighted by Crippen LogP contribution is -2.07. The maximum absolute atomic E-state index is 8.75. The normalized spacial score (nSPS) is 12.5. The monoisotopic (exact) mass is 494 g/mol. The van der Waals surface area contributed by atoms with E-state index in [0.717, 1.165) is 51.6 Å². The summed E-state index contributed by atoms with van der Waals surface area (Å²) in [6, 6.07) is 26.1. The first-order valence-corrected chi connectivity index (χ1v) is 12.4. The highest BCUT2D eigenvalue weighted by molar-refractivity contribution is 6.31. The lowest BCUT2D eigenvalue weighted by atomic mass is 9.98. The molecule has 0 radical (unpaired) electrons. The van der Waals surface area contributed by atoms with Gasteiger partial charge >= 0.3 is 0 Å². The molecule has 0 aliphatic carbocycles. The van der Waals surface area contributed by atoms with Gasteiger partial charge in [-0.25, -0.2) is 0 Å². The fraction of sp³-hybridized carbons (Fsp3) is 0.276. The zero-order valence-corrected chi connectivity index (χ0v) is 21.2. The maximum Gasteiger partial charge on any atom is 0.0933 e. The molecule has 0 aliphatic rings. The first-order valence-electron chi connectivity index (χ1n) is 11.7. The van der Waals surface area contributed by atoms with E-state index in [1.54, 1.807) is 0 Å². The van der Waals surface area contributed by atoms with Gasteiger partial charge in [-0.2, -0.15) is 0 Å². The standard InChI is InChI=1S/C19H19ClN2.C10H13ClO/c1-14(16-8-2-3-9-17(16)20)11-13-21-18-10-4-6-15-7-5-12-22-19(15)18;1-8(6-7-12)9-4-2-3-5-10(9)11/h2-10,12,14,21H,11,13H2,1H3;2-5,8,12H,6-7H2,1H3. The van der Waals surface area contributed by atoms with Crippen molar-refractivity contribution in [2.75, 3.05) is 18.5 Å². The number of nitrogens with zero attached hydrogens (tertiary/aromatic N) is 1. The molecule has 1 heterocycles. The van der Waals surface area contributed by atoms with Crippen LogP contribution in [-0.2, 0) is 0 Å². The summed E-state index contributed by atoms with van der Waals surface area (Å²) < 4.78 is 0. The van der Waals surface area contributed by atoms with Gasteiger partial charge in [-0.15, -0.1) is 0 Å². The highest BCUT2D eigenvalue weighted by Gasteiger charge is 2.09. The van der Waals surface area contributed by atoms with Crippen LogP contribution in [0.1, 0.15) is 49.7 Å². The van der Waals surface area contributed by atoms with Gasteiger partial charge in [-0.3, -0.25) is 4.98 Å². The van der Waals surface area contributed by atoms with Crippen molar-refractivity contribution in [3.63, 3.8) is 0 Å². The second-order valence-corrected chi connectivity index (χ2v) is 9.27. The van der Waals surface area contributed by atoms with E-state index in [2.05, 4.69) is 54.5 Å². The number of nitrogens with one attached hydrogen (secondary N) is 1. The Labute approximate surface area is 212 Å². The average molecular weight is 495 g/mol.